The van der Waals surface area contributed by atoms with Gasteiger partial charge in [0.2, 0.25) is 0 Å². The van der Waals surface area contributed by atoms with Crippen LogP contribution in [0.5, 0.6) is 5.75 Å². The molecule has 25 heavy (non-hydrogen) atoms. The average molecular weight is 338 g/mol. The summed E-state index contributed by atoms with van der Waals surface area (Å²) in [4.78, 5) is 12.5. The van der Waals surface area contributed by atoms with Crippen LogP contribution in [0.25, 0.3) is 0 Å². The van der Waals surface area contributed by atoms with Gasteiger partial charge in [-0.15, -0.1) is 0 Å². The summed E-state index contributed by atoms with van der Waals surface area (Å²) in [5.74, 6) is -1.45. The van der Waals surface area contributed by atoms with E-state index in [2.05, 4.69) is 0 Å². The monoisotopic (exact) mass is 338 g/mol. The number of hydrogen-bond donors (Lipinski definition) is 0. The molecule has 0 saturated heterocycles. The third-order valence-corrected chi connectivity index (χ3v) is 3.82. The molecule has 0 unspecified atom stereocenters. The molecule has 0 aromatic heterocycles. The lowest BCUT2D eigenvalue weighted by atomic mass is 10.0. The summed E-state index contributed by atoms with van der Waals surface area (Å²) in [6.07, 6.45) is -0.357. The SMILES string of the molecule is O=C(Cc1c(F)cccc1F)c1ccccc1OCc1ccccc1. The van der Waals surface area contributed by atoms with E-state index in [1.807, 2.05) is 30.3 Å². The van der Waals surface area contributed by atoms with E-state index >= 15 is 0 Å². The summed E-state index contributed by atoms with van der Waals surface area (Å²) in [7, 11) is 0. The number of Topliss-reactive ketones (excluding diaryl/α,β-unsaturated/α-hetero) is 1. The van der Waals surface area contributed by atoms with Crippen molar-refractivity contribution in [3.05, 3.63) is 101 Å². The van der Waals surface area contributed by atoms with Crippen molar-refractivity contribution in [3.63, 3.8) is 0 Å². The zero-order chi connectivity index (χ0) is 17.6. The molecule has 0 aliphatic heterocycles. The van der Waals surface area contributed by atoms with Gasteiger partial charge in [-0.2, -0.15) is 0 Å². The van der Waals surface area contributed by atoms with Gasteiger partial charge in [0.25, 0.3) is 0 Å². The Morgan fingerprint density at radius 2 is 1.44 bits per heavy atom. The maximum absolute atomic E-state index is 13.8. The van der Waals surface area contributed by atoms with Crippen LogP contribution in [0.15, 0.2) is 72.8 Å². The first kappa shape index (κ1) is 16.8. The highest BCUT2D eigenvalue weighted by atomic mass is 19.1. The summed E-state index contributed by atoms with van der Waals surface area (Å²) >= 11 is 0. The maximum Gasteiger partial charge on any atom is 0.171 e. The van der Waals surface area contributed by atoms with Gasteiger partial charge in [0.15, 0.2) is 5.78 Å². The Morgan fingerprint density at radius 3 is 2.16 bits per heavy atom. The topological polar surface area (TPSA) is 26.3 Å². The first-order chi connectivity index (χ1) is 12.1. The van der Waals surface area contributed by atoms with Crippen molar-refractivity contribution >= 4 is 5.78 Å². The second kappa shape index (κ2) is 7.71. The minimum atomic E-state index is -0.726. The normalized spacial score (nSPS) is 10.5. The van der Waals surface area contributed by atoms with E-state index in [0.717, 1.165) is 17.7 Å². The lowest BCUT2D eigenvalue weighted by Gasteiger charge is -2.11. The zero-order valence-corrected chi connectivity index (χ0v) is 13.4. The number of ether oxygens (including phenoxy) is 1. The third kappa shape index (κ3) is 4.10. The van der Waals surface area contributed by atoms with Gasteiger partial charge in [0.05, 0.1) is 5.56 Å². The molecule has 0 heterocycles. The van der Waals surface area contributed by atoms with E-state index in [1.165, 1.54) is 6.07 Å². The van der Waals surface area contributed by atoms with Crippen LogP contribution in [0.3, 0.4) is 0 Å². The van der Waals surface area contributed by atoms with Crippen molar-refractivity contribution in [2.45, 2.75) is 13.0 Å². The number of carbonyl (C=O) groups is 1. The highest BCUT2D eigenvalue weighted by Gasteiger charge is 2.17. The van der Waals surface area contributed by atoms with E-state index in [1.54, 1.807) is 24.3 Å². The van der Waals surface area contributed by atoms with Gasteiger partial charge in [0.1, 0.15) is 24.0 Å². The largest absolute Gasteiger partial charge is 0.488 e. The first-order valence-electron chi connectivity index (χ1n) is 7.87. The van der Waals surface area contributed by atoms with Gasteiger partial charge >= 0.3 is 0 Å². The number of halogens is 2. The molecule has 0 aliphatic rings. The van der Waals surface area contributed by atoms with Crippen LogP contribution in [0.2, 0.25) is 0 Å². The Bertz CT molecular complexity index is 856. The highest BCUT2D eigenvalue weighted by molar-refractivity contribution is 6.00. The number of carbonyl (C=O) groups excluding carboxylic acids is 1. The lowest BCUT2D eigenvalue weighted by Crippen LogP contribution is -2.09. The molecular weight excluding hydrogens is 322 g/mol. The fraction of sp³-hybridized carbons (Fsp3) is 0.0952. The van der Waals surface area contributed by atoms with Crippen molar-refractivity contribution in [1.29, 1.82) is 0 Å². The molecule has 0 spiro atoms. The minimum Gasteiger partial charge on any atom is -0.488 e. The molecule has 0 amide bonds. The zero-order valence-electron chi connectivity index (χ0n) is 13.4. The molecule has 0 radical (unpaired) electrons. The van der Waals surface area contributed by atoms with Gasteiger partial charge in [-0.1, -0.05) is 48.5 Å². The summed E-state index contributed by atoms with van der Waals surface area (Å²) in [6.45, 7) is 0.305. The standard InChI is InChI=1S/C21H16F2O2/c22-18-10-6-11-19(23)17(18)13-20(24)16-9-4-5-12-21(16)25-14-15-7-2-1-3-8-15/h1-12H,13-14H2. The van der Waals surface area contributed by atoms with Gasteiger partial charge in [-0.3, -0.25) is 4.79 Å². The minimum absolute atomic E-state index is 0.231. The van der Waals surface area contributed by atoms with Crippen molar-refractivity contribution in [3.8, 4) is 5.75 Å². The van der Waals surface area contributed by atoms with Crippen LogP contribution in [0.1, 0.15) is 21.5 Å². The number of para-hydroxylation sites is 1. The van der Waals surface area contributed by atoms with Crippen molar-refractivity contribution in [2.75, 3.05) is 0 Å². The van der Waals surface area contributed by atoms with Crippen LogP contribution in [-0.2, 0) is 13.0 Å². The number of ketones is 1. The maximum atomic E-state index is 13.8. The molecule has 0 saturated carbocycles. The molecule has 3 aromatic carbocycles. The Balaban J connectivity index is 1.79. The fourth-order valence-electron chi connectivity index (χ4n) is 2.52. The molecule has 0 aliphatic carbocycles. The molecule has 0 fully saturated rings. The smallest absolute Gasteiger partial charge is 0.171 e. The van der Waals surface area contributed by atoms with Crippen LogP contribution < -0.4 is 4.74 Å². The van der Waals surface area contributed by atoms with Crippen molar-refractivity contribution in [1.82, 2.24) is 0 Å². The average Bonchev–Trinajstić information content (AvgIpc) is 2.64. The second-order valence-electron chi connectivity index (χ2n) is 5.57. The predicted molar refractivity (Wildman–Crippen MR) is 91.6 cm³/mol. The van der Waals surface area contributed by atoms with E-state index in [9.17, 15) is 13.6 Å². The Hall–Kier alpha value is -3.01. The summed E-state index contributed by atoms with van der Waals surface area (Å²) < 4.78 is 33.3. The number of hydrogen-bond acceptors (Lipinski definition) is 2. The van der Waals surface area contributed by atoms with Gasteiger partial charge in [-0.05, 0) is 29.8 Å². The quantitative estimate of drug-likeness (QED) is 0.593. The van der Waals surface area contributed by atoms with Crippen molar-refractivity contribution < 1.29 is 18.3 Å². The number of rotatable bonds is 6. The molecule has 3 rings (SSSR count). The second-order valence-corrected chi connectivity index (χ2v) is 5.57. The predicted octanol–water partition coefficient (Wildman–Crippen LogP) is 4.97. The summed E-state index contributed by atoms with van der Waals surface area (Å²) in [5.41, 5.74) is 1.04. The van der Waals surface area contributed by atoms with Crippen LogP contribution in [0.4, 0.5) is 8.78 Å². The van der Waals surface area contributed by atoms with E-state index < -0.39 is 17.4 Å². The number of benzene rings is 3. The molecule has 3 aromatic rings. The van der Waals surface area contributed by atoms with Crippen molar-refractivity contribution in [2.24, 2.45) is 0 Å². The first-order valence-corrected chi connectivity index (χ1v) is 7.87. The third-order valence-electron chi connectivity index (χ3n) is 3.82. The molecule has 4 heteroatoms. The highest BCUT2D eigenvalue weighted by Crippen LogP contribution is 2.23. The molecule has 2 nitrogen and oxygen atoms in total. The Morgan fingerprint density at radius 1 is 0.800 bits per heavy atom. The Kier molecular flexibility index (Phi) is 5.19. The molecule has 0 N–H and O–H groups in total. The molecular formula is C21H16F2O2. The van der Waals surface area contributed by atoms with E-state index in [-0.39, 0.29) is 12.0 Å². The van der Waals surface area contributed by atoms with Gasteiger partial charge in [0, 0.05) is 12.0 Å². The van der Waals surface area contributed by atoms with Gasteiger partial charge < -0.3 is 4.74 Å². The fourth-order valence-corrected chi connectivity index (χ4v) is 2.52. The molecule has 0 bridgehead atoms. The van der Waals surface area contributed by atoms with Crippen LogP contribution in [-0.4, -0.2) is 5.78 Å². The molecule has 126 valence electrons. The van der Waals surface area contributed by atoms with Crippen LogP contribution >= 0.6 is 0 Å². The summed E-state index contributed by atoms with van der Waals surface area (Å²) in [5, 5.41) is 0. The molecule has 0 atom stereocenters. The van der Waals surface area contributed by atoms with Gasteiger partial charge in [-0.25, -0.2) is 8.78 Å². The van der Waals surface area contributed by atoms with E-state index in [4.69, 9.17) is 4.74 Å². The Labute approximate surface area is 144 Å². The summed E-state index contributed by atoms with van der Waals surface area (Å²) in [6, 6.07) is 19.8. The van der Waals surface area contributed by atoms with E-state index in [0.29, 0.717) is 17.9 Å². The van der Waals surface area contributed by atoms with Crippen LogP contribution in [0, 0.1) is 11.6 Å². The lowest BCUT2D eigenvalue weighted by molar-refractivity contribution is 0.0986.